The molecule has 1 heterocycles. The highest BCUT2D eigenvalue weighted by Crippen LogP contribution is 2.29. The van der Waals surface area contributed by atoms with Crippen molar-refractivity contribution in [1.82, 2.24) is 4.98 Å². The lowest BCUT2D eigenvalue weighted by Crippen LogP contribution is -2.15. The molecule has 1 aromatic heterocycles. The van der Waals surface area contributed by atoms with Crippen molar-refractivity contribution in [2.45, 2.75) is 33.3 Å². The monoisotopic (exact) mass is 424 g/mol. The Hall–Kier alpha value is -2.89. The van der Waals surface area contributed by atoms with Gasteiger partial charge in [-0.15, -0.1) is 0 Å². The quantitative estimate of drug-likeness (QED) is 0.444. The maximum Gasteiger partial charge on any atom is 0.257 e. The number of ether oxygens (including phenoxy) is 2. The number of carbonyl (C=O) groups excluding carboxylic acids is 1. The van der Waals surface area contributed by atoms with E-state index >= 15 is 0 Å². The topological polar surface area (TPSA) is 60.5 Å². The SMILES string of the molecule is CCCOC(C)c1ccc(C(=O)Nc2ccc(Oc3ccccc3Cl)cc2)c(C)n1. The highest BCUT2D eigenvalue weighted by atomic mass is 35.5. The zero-order valence-electron chi connectivity index (χ0n) is 17.3. The summed E-state index contributed by atoms with van der Waals surface area (Å²) in [7, 11) is 0. The third-order valence-corrected chi connectivity index (χ3v) is 4.83. The number of anilines is 1. The third-order valence-electron chi connectivity index (χ3n) is 4.52. The summed E-state index contributed by atoms with van der Waals surface area (Å²) in [5, 5.41) is 3.43. The van der Waals surface area contributed by atoms with E-state index in [9.17, 15) is 4.79 Å². The number of hydrogen-bond donors (Lipinski definition) is 1. The Morgan fingerprint density at radius 2 is 1.83 bits per heavy atom. The molecule has 0 aliphatic heterocycles. The number of benzene rings is 2. The smallest absolute Gasteiger partial charge is 0.257 e. The zero-order chi connectivity index (χ0) is 21.5. The van der Waals surface area contributed by atoms with Gasteiger partial charge in [-0.25, -0.2) is 0 Å². The van der Waals surface area contributed by atoms with Gasteiger partial charge < -0.3 is 14.8 Å². The average Bonchev–Trinajstić information content (AvgIpc) is 2.74. The Bertz CT molecular complexity index is 1010. The lowest BCUT2D eigenvalue weighted by molar-refractivity contribution is 0.0632. The van der Waals surface area contributed by atoms with Crippen LogP contribution in [0.25, 0.3) is 0 Å². The van der Waals surface area contributed by atoms with Gasteiger partial charge in [-0.2, -0.15) is 0 Å². The van der Waals surface area contributed by atoms with Gasteiger partial charge in [0.25, 0.3) is 5.91 Å². The van der Waals surface area contributed by atoms with Crippen molar-refractivity contribution in [3.63, 3.8) is 0 Å². The summed E-state index contributed by atoms with van der Waals surface area (Å²) in [5.74, 6) is 0.993. The van der Waals surface area contributed by atoms with Gasteiger partial charge in [-0.05, 0) is 68.8 Å². The number of nitrogens with zero attached hydrogens (tertiary/aromatic N) is 1. The molecular weight excluding hydrogens is 400 g/mol. The normalized spacial score (nSPS) is 11.7. The van der Waals surface area contributed by atoms with E-state index in [-0.39, 0.29) is 12.0 Å². The maximum absolute atomic E-state index is 12.7. The van der Waals surface area contributed by atoms with Gasteiger partial charge in [0.15, 0.2) is 0 Å². The van der Waals surface area contributed by atoms with Crippen molar-refractivity contribution in [3.05, 3.63) is 82.6 Å². The summed E-state index contributed by atoms with van der Waals surface area (Å²) in [4.78, 5) is 17.2. The molecule has 0 radical (unpaired) electrons. The molecule has 1 amide bonds. The predicted molar refractivity (Wildman–Crippen MR) is 120 cm³/mol. The molecule has 30 heavy (non-hydrogen) atoms. The molecule has 0 aliphatic carbocycles. The van der Waals surface area contributed by atoms with Crippen molar-refractivity contribution in [2.75, 3.05) is 11.9 Å². The summed E-state index contributed by atoms with van der Waals surface area (Å²) in [6.07, 6.45) is 0.845. The van der Waals surface area contributed by atoms with E-state index in [2.05, 4.69) is 17.2 Å². The van der Waals surface area contributed by atoms with E-state index < -0.39 is 0 Å². The number of para-hydroxylation sites is 1. The minimum Gasteiger partial charge on any atom is -0.456 e. The Balaban J connectivity index is 1.65. The van der Waals surface area contributed by atoms with Crippen LogP contribution in [0.2, 0.25) is 5.02 Å². The van der Waals surface area contributed by atoms with Crippen molar-refractivity contribution in [1.29, 1.82) is 0 Å². The molecule has 5 nitrogen and oxygen atoms in total. The van der Waals surface area contributed by atoms with Crippen molar-refractivity contribution in [3.8, 4) is 11.5 Å². The number of amides is 1. The summed E-state index contributed by atoms with van der Waals surface area (Å²) >= 11 is 6.12. The van der Waals surface area contributed by atoms with Gasteiger partial charge in [0.2, 0.25) is 0 Å². The molecule has 0 fully saturated rings. The molecule has 0 aliphatic rings. The van der Waals surface area contributed by atoms with Crippen LogP contribution in [0.5, 0.6) is 11.5 Å². The summed E-state index contributed by atoms with van der Waals surface area (Å²) in [5.41, 5.74) is 2.67. The number of carbonyl (C=O) groups is 1. The van der Waals surface area contributed by atoms with Crippen LogP contribution in [0.4, 0.5) is 5.69 Å². The number of pyridine rings is 1. The fourth-order valence-electron chi connectivity index (χ4n) is 2.89. The number of halogens is 1. The standard InChI is InChI=1S/C24H25ClN2O3/c1-4-15-29-17(3)22-14-13-20(16(2)26-22)24(28)27-18-9-11-19(12-10-18)30-23-8-6-5-7-21(23)25/h5-14,17H,4,15H2,1-3H3,(H,27,28). The second kappa shape index (κ2) is 10.2. The highest BCUT2D eigenvalue weighted by Gasteiger charge is 2.14. The third kappa shape index (κ3) is 5.59. The summed E-state index contributed by atoms with van der Waals surface area (Å²) < 4.78 is 11.5. The van der Waals surface area contributed by atoms with Crippen LogP contribution in [0.3, 0.4) is 0 Å². The molecular formula is C24H25ClN2O3. The van der Waals surface area contributed by atoms with E-state index in [1.807, 2.05) is 32.0 Å². The molecule has 2 aromatic carbocycles. The number of hydrogen-bond acceptors (Lipinski definition) is 4. The molecule has 3 aromatic rings. The van der Waals surface area contributed by atoms with E-state index in [1.54, 1.807) is 42.5 Å². The molecule has 1 unspecified atom stereocenters. The second-order valence-corrected chi connectivity index (χ2v) is 7.30. The van der Waals surface area contributed by atoms with E-state index in [1.165, 1.54) is 0 Å². The molecule has 0 saturated carbocycles. The van der Waals surface area contributed by atoms with Gasteiger partial charge in [0.1, 0.15) is 11.5 Å². The van der Waals surface area contributed by atoms with Crippen LogP contribution in [-0.2, 0) is 4.74 Å². The van der Waals surface area contributed by atoms with Crippen LogP contribution in [-0.4, -0.2) is 17.5 Å². The summed E-state index contributed by atoms with van der Waals surface area (Å²) in [6, 6.07) is 18.0. The molecule has 0 saturated heterocycles. The number of aromatic nitrogens is 1. The molecule has 0 bridgehead atoms. The fourth-order valence-corrected chi connectivity index (χ4v) is 3.06. The van der Waals surface area contributed by atoms with Gasteiger partial charge in [0, 0.05) is 12.3 Å². The number of aryl methyl sites for hydroxylation is 1. The van der Waals surface area contributed by atoms with Gasteiger partial charge in [-0.1, -0.05) is 30.7 Å². The number of nitrogens with one attached hydrogen (secondary N) is 1. The molecule has 3 rings (SSSR count). The first kappa shape index (κ1) is 21.8. The lowest BCUT2D eigenvalue weighted by atomic mass is 10.1. The van der Waals surface area contributed by atoms with E-state index in [4.69, 9.17) is 21.1 Å². The first-order chi connectivity index (χ1) is 14.5. The largest absolute Gasteiger partial charge is 0.456 e. The second-order valence-electron chi connectivity index (χ2n) is 6.89. The van der Waals surface area contributed by atoms with Crippen molar-refractivity contribution >= 4 is 23.2 Å². The Kier molecular flexibility index (Phi) is 7.44. The molecule has 6 heteroatoms. The van der Waals surface area contributed by atoms with E-state index in [0.29, 0.717) is 40.1 Å². The average molecular weight is 425 g/mol. The lowest BCUT2D eigenvalue weighted by Gasteiger charge is -2.14. The predicted octanol–water partition coefficient (Wildman–Crippen LogP) is 6.58. The Labute approximate surface area is 182 Å². The molecule has 156 valence electrons. The molecule has 1 atom stereocenters. The van der Waals surface area contributed by atoms with Crippen molar-refractivity contribution in [2.24, 2.45) is 0 Å². The van der Waals surface area contributed by atoms with Crippen LogP contribution in [0.1, 0.15) is 48.1 Å². The van der Waals surface area contributed by atoms with Crippen molar-refractivity contribution < 1.29 is 14.3 Å². The molecule has 1 N–H and O–H groups in total. The van der Waals surface area contributed by atoms with Gasteiger partial charge in [0.05, 0.1) is 28.1 Å². The first-order valence-electron chi connectivity index (χ1n) is 9.91. The first-order valence-corrected chi connectivity index (χ1v) is 10.3. The van der Waals surface area contributed by atoms with Crippen LogP contribution >= 0.6 is 11.6 Å². The minimum absolute atomic E-state index is 0.105. The van der Waals surface area contributed by atoms with Crippen LogP contribution in [0.15, 0.2) is 60.7 Å². The molecule has 0 spiro atoms. The van der Waals surface area contributed by atoms with Crippen LogP contribution < -0.4 is 10.1 Å². The van der Waals surface area contributed by atoms with Gasteiger partial charge in [-0.3, -0.25) is 9.78 Å². The fraction of sp³-hybridized carbons (Fsp3) is 0.250. The Morgan fingerprint density at radius 1 is 1.10 bits per heavy atom. The maximum atomic E-state index is 12.7. The Morgan fingerprint density at radius 3 is 2.50 bits per heavy atom. The minimum atomic E-state index is -0.214. The van der Waals surface area contributed by atoms with E-state index in [0.717, 1.165) is 12.1 Å². The van der Waals surface area contributed by atoms with Crippen LogP contribution in [0, 0.1) is 6.92 Å². The summed E-state index contributed by atoms with van der Waals surface area (Å²) in [6.45, 7) is 6.53. The van der Waals surface area contributed by atoms with Gasteiger partial charge >= 0.3 is 0 Å². The highest BCUT2D eigenvalue weighted by molar-refractivity contribution is 6.32. The number of rotatable bonds is 8. The zero-order valence-corrected chi connectivity index (χ0v) is 18.1.